The minimum absolute atomic E-state index is 0.189. The molecule has 3 amide bonds. The van der Waals surface area contributed by atoms with Crippen molar-refractivity contribution in [2.24, 2.45) is 0 Å². The number of esters is 1. The average molecular weight is 402 g/mol. The third-order valence-electron chi connectivity index (χ3n) is 4.81. The molecule has 3 aromatic rings. The Kier molecular flexibility index (Phi) is 5.26. The molecule has 0 aromatic heterocycles. The summed E-state index contributed by atoms with van der Waals surface area (Å²) in [6, 6.07) is 19.1. The maximum Gasteiger partial charge on any atom is 0.338 e. The lowest BCUT2D eigenvalue weighted by Gasteiger charge is -2.14. The van der Waals surface area contributed by atoms with Gasteiger partial charge in [0.05, 0.1) is 11.3 Å². The van der Waals surface area contributed by atoms with E-state index in [4.69, 9.17) is 4.74 Å². The highest BCUT2D eigenvalue weighted by atomic mass is 16.5. The number of imide groups is 1. The highest BCUT2D eigenvalue weighted by Crippen LogP contribution is 2.24. The number of nitrogens with one attached hydrogen (secondary N) is 1. The van der Waals surface area contributed by atoms with Gasteiger partial charge in [0.15, 0.2) is 6.61 Å². The molecule has 0 atom stereocenters. The Balaban J connectivity index is 1.36. The molecule has 7 nitrogen and oxygen atoms in total. The van der Waals surface area contributed by atoms with Crippen molar-refractivity contribution in [3.8, 4) is 0 Å². The molecule has 3 aromatic carbocycles. The predicted molar refractivity (Wildman–Crippen MR) is 111 cm³/mol. The first kappa shape index (κ1) is 19.3. The van der Waals surface area contributed by atoms with Gasteiger partial charge in [-0.1, -0.05) is 36.4 Å². The van der Waals surface area contributed by atoms with Gasteiger partial charge in [0.2, 0.25) is 11.8 Å². The van der Waals surface area contributed by atoms with E-state index in [1.165, 1.54) is 24.3 Å². The first-order valence-corrected chi connectivity index (χ1v) is 9.43. The summed E-state index contributed by atoms with van der Waals surface area (Å²) in [5, 5.41) is 4.63. The van der Waals surface area contributed by atoms with Crippen LogP contribution in [0.3, 0.4) is 0 Å². The summed E-state index contributed by atoms with van der Waals surface area (Å²) in [6.07, 6.45) is 0.378. The van der Waals surface area contributed by atoms with Crippen LogP contribution >= 0.6 is 0 Å². The van der Waals surface area contributed by atoms with Gasteiger partial charge in [-0.3, -0.25) is 19.3 Å². The number of amides is 3. The number of hydrogen-bond donors (Lipinski definition) is 1. The van der Waals surface area contributed by atoms with Crippen molar-refractivity contribution in [1.29, 1.82) is 0 Å². The Morgan fingerprint density at radius 3 is 2.27 bits per heavy atom. The van der Waals surface area contributed by atoms with Crippen molar-refractivity contribution in [2.75, 3.05) is 16.8 Å². The van der Waals surface area contributed by atoms with E-state index in [0.29, 0.717) is 11.4 Å². The molecular weight excluding hydrogens is 384 g/mol. The number of carbonyl (C=O) groups is 4. The number of hydrogen-bond acceptors (Lipinski definition) is 5. The Labute approximate surface area is 172 Å². The Bertz CT molecular complexity index is 1130. The maximum absolute atomic E-state index is 12.2. The number of benzene rings is 3. The summed E-state index contributed by atoms with van der Waals surface area (Å²) in [7, 11) is 0. The molecule has 0 unspecified atom stereocenters. The first-order valence-electron chi connectivity index (χ1n) is 9.43. The van der Waals surface area contributed by atoms with Gasteiger partial charge in [-0.05, 0) is 35.7 Å². The van der Waals surface area contributed by atoms with Gasteiger partial charge in [0.25, 0.3) is 5.91 Å². The van der Waals surface area contributed by atoms with Crippen molar-refractivity contribution in [3.63, 3.8) is 0 Å². The van der Waals surface area contributed by atoms with Crippen LogP contribution in [0.1, 0.15) is 23.2 Å². The molecule has 1 heterocycles. The molecule has 7 heteroatoms. The van der Waals surface area contributed by atoms with Crippen LogP contribution in [0, 0.1) is 0 Å². The summed E-state index contributed by atoms with van der Waals surface area (Å²) < 4.78 is 5.08. The second-order valence-corrected chi connectivity index (χ2v) is 6.82. The van der Waals surface area contributed by atoms with E-state index in [2.05, 4.69) is 5.32 Å². The number of carbonyl (C=O) groups excluding carboxylic acids is 4. The van der Waals surface area contributed by atoms with E-state index in [1.807, 2.05) is 36.4 Å². The molecule has 0 radical (unpaired) electrons. The SMILES string of the molecule is O=C(COC(=O)c1ccc(N2C(=O)CCC2=O)cc1)Nc1cccc2ccccc12. The highest BCUT2D eigenvalue weighted by molar-refractivity contribution is 6.19. The quantitative estimate of drug-likeness (QED) is 0.522. The van der Waals surface area contributed by atoms with Gasteiger partial charge in [0, 0.05) is 23.9 Å². The van der Waals surface area contributed by atoms with E-state index in [-0.39, 0.29) is 30.2 Å². The van der Waals surface area contributed by atoms with Crippen molar-refractivity contribution in [3.05, 3.63) is 72.3 Å². The number of fused-ring (bicyclic) bond motifs is 1. The van der Waals surface area contributed by atoms with E-state index in [0.717, 1.165) is 15.7 Å². The second kappa shape index (κ2) is 8.16. The molecule has 1 aliphatic heterocycles. The molecule has 1 aliphatic rings. The van der Waals surface area contributed by atoms with E-state index in [9.17, 15) is 19.2 Å². The second-order valence-electron chi connectivity index (χ2n) is 6.82. The van der Waals surface area contributed by atoms with Crippen LogP contribution in [0.5, 0.6) is 0 Å². The van der Waals surface area contributed by atoms with E-state index < -0.39 is 18.5 Å². The summed E-state index contributed by atoms with van der Waals surface area (Å²) >= 11 is 0. The fourth-order valence-electron chi connectivity index (χ4n) is 3.35. The largest absolute Gasteiger partial charge is 0.452 e. The number of nitrogens with zero attached hydrogens (tertiary/aromatic N) is 1. The molecule has 4 rings (SSSR count). The third kappa shape index (κ3) is 3.91. The monoisotopic (exact) mass is 402 g/mol. The van der Waals surface area contributed by atoms with Crippen LogP contribution in [0.15, 0.2) is 66.7 Å². The smallest absolute Gasteiger partial charge is 0.338 e. The lowest BCUT2D eigenvalue weighted by Crippen LogP contribution is -2.28. The van der Waals surface area contributed by atoms with E-state index in [1.54, 1.807) is 6.07 Å². The highest BCUT2D eigenvalue weighted by Gasteiger charge is 2.30. The molecule has 0 spiro atoms. The maximum atomic E-state index is 12.2. The number of ether oxygens (including phenoxy) is 1. The Morgan fingerprint density at radius 2 is 1.53 bits per heavy atom. The lowest BCUT2D eigenvalue weighted by atomic mass is 10.1. The fraction of sp³-hybridized carbons (Fsp3) is 0.130. The molecule has 0 aliphatic carbocycles. The zero-order valence-corrected chi connectivity index (χ0v) is 16.0. The summed E-state index contributed by atoms with van der Waals surface area (Å²) in [5.41, 5.74) is 1.27. The van der Waals surface area contributed by atoms with Crippen molar-refractivity contribution < 1.29 is 23.9 Å². The summed E-state index contributed by atoms with van der Waals surface area (Å²) in [5.74, 6) is -1.65. The van der Waals surface area contributed by atoms with Gasteiger partial charge in [-0.15, -0.1) is 0 Å². The fourth-order valence-corrected chi connectivity index (χ4v) is 3.35. The molecule has 150 valence electrons. The topological polar surface area (TPSA) is 92.8 Å². The van der Waals surface area contributed by atoms with Gasteiger partial charge < -0.3 is 10.1 Å². The molecule has 0 bridgehead atoms. The standard InChI is InChI=1S/C23H18N2O5/c26-20(24-19-7-3-5-15-4-1-2-6-18(15)19)14-30-23(29)16-8-10-17(11-9-16)25-21(27)12-13-22(25)28/h1-11H,12-14H2,(H,24,26). The van der Waals surface area contributed by atoms with Crippen molar-refractivity contribution in [2.45, 2.75) is 12.8 Å². The molecular formula is C23H18N2O5. The molecule has 1 fully saturated rings. The molecule has 0 saturated carbocycles. The lowest BCUT2D eigenvalue weighted by molar-refractivity contribution is -0.121. The van der Waals surface area contributed by atoms with Gasteiger partial charge in [-0.25, -0.2) is 4.79 Å². The summed E-state index contributed by atoms with van der Waals surface area (Å²) in [6.45, 7) is -0.438. The van der Waals surface area contributed by atoms with Gasteiger partial charge >= 0.3 is 5.97 Å². The van der Waals surface area contributed by atoms with Gasteiger partial charge in [0.1, 0.15) is 0 Å². The predicted octanol–water partition coefficient (Wildman–Crippen LogP) is 3.29. The van der Waals surface area contributed by atoms with Crippen molar-refractivity contribution >= 4 is 45.8 Å². The molecule has 1 N–H and O–H groups in total. The third-order valence-corrected chi connectivity index (χ3v) is 4.81. The van der Waals surface area contributed by atoms with Crippen LogP contribution in [-0.4, -0.2) is 30.3 Å². The van der Waals surface area contributed by atoms with Gasteiger partial charge in [-0.2, -0.15) is 0 Å². The van der Waals surface area contributed by atoms with Crippen molar-refractivity contribution in [1.82, 2.24) is 0 Å². The van der Waals surface area contributed by atoms with E-state index >= 15 is 0 Å². The Hall–Kier alpha value is -4.00. The minimum atomic E-state index is -0.673. The first-order chi connectivity index (χ1) is 14.5. The van der Waals surface area contributed by atoms with Crippen LogP contribution in [-0.2, 0) is 19.1 Å². The molecule has 30 heavy (non-hydrogen) atoms. The minimum Gasteiger partial charge on any atom is -0.452 e. The molecule has 1 saturated heterocycles. The number of rotatable bonds is 5. The van der Waals surface area contributed by atoms with Crippen LogP contribution in [0.4, 0.5) is 11.4 Å². The zero-order valence-electron chi connectivity index (χ0n) is 16.0. The normalized spacial score (nSPS) is 13.5. The van der Waals surface area contributed by atoms with Crippen LogP contribution in [0.25, 0.3) is 10.8 Å². The Morgan fingerprint density at radius 1 is 0.867 bits per heavy atom. The average Bonchev–Trinajstić information content (AvgIpc) is 3.10. The van der Waals surface area contributed by atoms with Crippen LogP contribution < -0.4 is 10.2 Å². The van der Waals surface area contributed by atoms with Crippen LogP contribution in [0.2, 0.25) is 0 Å². The zero-order chi connectivity index (χ0) is 21.1. The summed E-state index contributed by atoms with van der Waals surface area (Å²) in [4.78, 5) is 49.1. The number of anilines is 2.